The van der Waals surface area contributed by atoms with Gasteiger partial charge in [-0.1, -0.05) is 28.1 Å². The summed E-state index contributed by atoms with van der Waals surface area (Å²) >= 11 is 3.50. The van der Waals surface area contributed by atoms with E-state index in [2.05, 4.69) is 50.5 Å². The number of aliphatic imine (C=N–C) groups is 1. The van der Waals surface area contributed by atoms with Crippen LogP contribution in [-0.2, 0) is 14.9 Å². The zero-order valence-corrected chi connectivity index (χ0v) is 18.2. The van der Waals surface area contributed by atoms with E-state index in [1.165, 1.54) is 5.56 Å². The van der Waals surface area contributed by atoms with Gasteiger partial charge in [0.05, 0.1) is 13.2 Å². The first-order valence-electron chi connectivity index (χ1n) is 7.95. The second-order valence-corrected chi connectivity index (χ2v) is 7.02. The summed E-state index contributed by atoms with van der Waals surface area (Å²) < 4.78 is 11.7. The molecule has 0 spiro atoms. The minimum Gasteiger partial charge on any atom is -0.383 e. The first kappa shape index (κ1) is 21.7. The van der Waals surface area contributed by atoms with E-state index in [1.54, 1.807) is 7.11 Å². The molecule has 136 valence electrons. The van der Waals surface area contributed by atoms with Gasteiger partial charge < -0.3 is 20.5 Å². The van der Waals surface area contributed by atoms with Gasteiger partial charge in [-0.2, -0.15) is 0 Å². The highest BCUT2D eigenvalue weighted by Crippen LogP contribution is 2.35. The van der Waals surface area contributed by atoms with Crippen LogP contribution in [0.1, 0.15) is 25.3 Å². The summed E-state index contributed by atoms with van der Waals surface area (Å²) in [4.78, 5) is 4.60. The van der Waals surface area contributed by atoms with Gasteiger partial charge in [-0.05, 0) is 37.5 Å². The van der Waals surface area contributed by atoms with E-state index in [9.17, 15) is 0 Å². The number of benzene rings is 1. The highest BCUT2D eigenvalue weighted by molar-refractivity contribution is 14.0. The lowest BCUT2D eigenvalue weighted by molar-refractivity contribution is 0.0531. The number of ether oxygens (including phenoxy) is 2. The Morgan fingerprint density at radius 3 is 2.58 bits per heavy atom. The van der Waals surface area contributed by atoms with Crippen LogP contribution in [0.2, 0.25) is 0 Å². The quantitative estimate of drug-likeness (QED) is 0.350. The number of hydrogen-bond donors (Lipinski definition) is 2. The third kappa shape index (κ3) is 6.16. The van der Waals surface area contributed by atoms with Crippen molar-refractivity contribution >= 4 is 45.9 Å². The molecule has 3 N–H and O–H groups in total. The maximum absolute atomic E-state index is 6.03. The van der Waals surface area contributed by atoms with Crippen molar-refractivity contribution in [1.29, 1.82) is 0 Å². The number of guanidine groups is 1. The molecule has 1 heterocycles. The van der Waals surface area contributed by atoms with E-state index in [1.807, 2.05) is 6.92 Å². The average molecular weight is 512 g/mol. The number of methoxy groups -OCH3 is 1. The lowest BCUT2D eigenvalue weighted by Crippen LogP contribution is -2.43. The average Bonchev–Trinajstić information content (AvgIpc) is 2.55. The molecule has 24 heavy (non-hydrogen) atoms. The SMILES string of the molecule is COCC(C)NC(N)=NCC1(c2ccc(Br)cc2)CCOCC1.I. The molecule has 0 aliphatic carbocycles. The molecule has 1 saturated heterocycles. The molecule has 0 amide bonds. The highest BCUT2D eigenvalue weighted by atomic mass is 127. The van der Waals surface area contributed by atoms with Crippen LogP contribution in [0, 0.1) is 0 Å². The Bertz CT molecular complexity index is 519. The standard InChI is InChI=1S/C17H26BrN3O2.HI/c1-13(11-22-2)21-16(19)20-12-17(7-9-23-10-8-17)14-3-5-15(18)6-4-14;/h3-6,13H,7-12H2,1-2H3,(H3,19,20,21);1H. The summed E-state index contributed by atoms with van der Waals surface area (Å²) in [6.07, 6.45) is 1.91. The van der Waals surface area contributed by atoms with Crippen molar-refractivity contribution in [2.75, 3.05) is 33.5 Å². The maximum atomic E-state index is 6.03. The van der Waals surface area contributed by atoms with Crippen molar-refractivity contribution < 1.29 is 9.47 Å². The third-order valence-electron chi connectivity index (χ3n) is 4.27. The van der Waals surface area contributed by atoms with Crippen LogP contribution in [0.15, 0.2) is 33.7 Å². The molecule has 1 aromatic rings. The summed E-state index contributed by atoms with van der Waals surface area (Å²) in [6.45, 7) is 4.81. The minimum atomic E-state index is -0.00422. The molecule has 7 heteroatoms. The smallest absolute Gasteiger partial charge is 0.188 e. The molecular weight excluding hydrogens is 485 g/mol. The zero-order valence-electron chi connectivity index (χ0n) is 14.3. The van der Waals surface area contributed by atoms with Crippen LogP contribution in [0.3, 0.4) is 0 Å². The van der Waals surface area contributed by atoms with Crippen molar-refractivity contribution in [2.24, 2.45) is 10.7 Å². The maximum Gasteiger partial charge on any atom is 0.188 e. The predicted octanol–water partition coefficient (Wildman–Crippen LogP) is 3.05. The Morgan fingerprint density at radius 2 is 2.00 bits per heavy atom. The van der Waals surface area contributed by atoms with Crippen LogP contribution in [0.25, 0.3) is 0 Å². The van der Waals surface area contributed by atoms with Gasteiger partial charge in [-0.15, -0.1) is 24.0 Å². The molecule has 1 fully saturated rings. The lowest BCUT2D eigenvalue weighted by Gasteiger charge is -2.36. The predicted molar refractivity (Wildman–Crippen MR) is 112 cm³/mol. The molecule has 1 aromatic carbocycles. The largest absolute Gasteiger partial charge is 0.383 e. The van der Waals surface area contributed by atoms with Gasteiger partial charge in [0.2, 0.25) is 0 Å². The Morgan fingerprint density at radius 1 is 1.38 bits per heavy atom. The molecule has 5 nitrogen and oxygen atoms in total. The first-order chi connectivity index (χ1) is 11.1. The van der Waals surface area contributed by atoms with Gasteiger partial charge in [-0.3, -0.25) is 4.99 Å². The fourth-order valence-electron chi connectivity index (χ4n) is 2.93. The molecule has 0 saturated carbocycles. The zero-order chi connectivity index (χ0) is 16.7. The summed E-state index contributed by atoms with van der Waals surface area (Å²) in [5.41, 5.74) is 7.32. The molecule has 1 aliphatic heterocycles. The van der Waals surface area contributed by atoms with Gasteiger partial charge in [0.1, 0.15) is 0 Å². The van der Waals surface area contributed by atoms with Crippen LogP contribution < -0.4 is 11.1 Å². The van der Waals surface area contributed by atoms with E-state index in [4.69, 9.17) is 15.2 Å². The van der Waals surface area contributed by atoms with Crippen molar-refractivity contribution in [2.45, 2.75) is 31.2 Å². The molecule has 1 aliphatic rings. The Labute approximate surface area is 169 Å². The normalized spacial score (nSPS) is 18.5. The monoisotopic (exact) mass is 511 g/mol. The molecule has 1 atom stereocenters. The number of nitrogens with zero attached hydrogens (tertiary/aromatic N) is 1. The summed E-state index contributed by atoms with van der Waals surface area (Å²) in [5, 5.41) is 3.16. The van der Waals surface area contributed by atoms with Crippen LogP contribution in [-0.4, -0.2) is 45.5 Å². The number of nitrogens with one attached hydrogen (secondary N) is 1. The number of nitrogens with two attached hydrogens (primary N) is 1. The van der Waals surface area contributed by atoms with Crippen molar-refractivity contribution in [3.05, 3.63) is 34.3 Å². The fraction of sp³-hybridized carbons (Fsp3) is 0.588. The van der Waals surface area contributed by atoms with E-state index >= 15 is 0 Å². The fourth-order valence-corrected chi connectivity index (χ4v) is 3.19. The van der Waals surface area contributed by atoms with Crippen molar-refractivity contribution in [3.63, 3.8) is 0 Å². The minimum absolute atomic E-state index is 0. The van der Waals surface area contributed by atoms with E-state index in [0.29, 0.717) is 19.1 Å². The van der Waals surface area contributed by atoms with Crippen LogP contribution >= 0.6 is 39.9 Å². The Kier molecular flexibility index (Phi) is 9.54. The highest BCUT2D eigenvalue weighted by Gasteiger charge is 2.34. The third-order valence-corrected chi connectivity index (χ3v) is 4.80. The molecule has 0 aromatic heterocycles. The van der Waals surface area contributed by atoms with Gasteiger partial charge in [0, 0.05) is 36.3 Å². The van der Waals surface area contributed by atoms with Gasteiger partial charge in [0.15, 0.2) is 5.96 Å². The van der Waals surface area contributed by atoms with Gasteiger partial charge in [0.25, 0.3) is 0 Å². The second kappa shape index (κ2) is 10.6. The summed E-state index contributed by atoms with van der Waals surface area (Å²) in [5.74, 6) is 0.470. The first-order valence-corrected chi connectivity index (χ1v) is 8.74. The van der Waals surface area contributed by atoms with E-state index in [-0.39, 0.29) is 35.4 Å². The molecule has 0 radical (unpaired) electrons. The lowest BCUT2D eigenvalue weighted by atomic mass is 9.74. The van der Waals surface area contributed by atoms with Crippen molar-refractivity contribution in [1.82, 2.24) is 5.32 Å². The topological polar surface area (TPSA) is 68.9 Å². The van der Waals surface area contributed by atoms with Crippen molar-refractivity contribution in [3.8, 4) is 0 Å². The van der Waals surface area contributed by atoms with E-state index < -0.39 is 0 Å². The van der Waals surface area contributed by atoms with Gasteiger partial charge in [-0.25, -0.2) is 0 Å². The van der Waals surface area contributed by atoms with Crippen LogP contribution in [0.4, 0.5) is 0 Å². The summed E-state index contributed by atoms with van der Waals surface area (Å²) in [6, 6.07) is 8.64. The second-order valence-electron chi connectivity index (χ2n) is 6.10. The number of halogens is 2. The molecule has 0 bridgehead atoms. The molecular formula is C17H27BrIN3O2. The summed E-state index contributed by atoms with van der Waals surface area (Å²) in [7, 11) is 1.68. The number of hydrogen-bond acceptors (Lipinski definition) is 3. The van der Waals surface area contributed by atoms with E-state index in [0.717, 1.165) is 30.5 Å². The Hall–Kier alpha value is -0.380. The molecule has 1 unspecified atom stereocenters. The Balaban J connectivity index is 0.00000288. The molecule has 2 rings (SSSR count). The number of rotatable bonds is 6. The van der Waals surface area contributed by atoms with Crippen LogP contribution in [0.5, 0.6) is 0 Å². The van der Waals surface area contributed by atoms with Gasteiger partial charge >= 0.3 is 0 Å².